The van der Waals surface area contributed by atoms with E-state index in [1.165, 1.54) is 5.01 Å². The van der Waals surface area contributed by atoms with Crippen LogP contribution in [0.3, 0.4) is 0 Å². The second-order valence-corrected chi connectivity index (χ2v) is 9.54. The Balaban J connectivity index is 1.60. The molecular weight excluding hydrogens is 458 g/mol. The van der Waals surface area contributed by atoms with E-state index in [9.17, 15) is 4.79 Å². The van der Waals surface area contributed by atoms with E-state index in [1.807, 2.05) is 92.0 Å². The number of benzene rings is 3. The predicted molar refractivity (Wildman–Crippen MR) is 143 cm³/mol. The summed E-state index contributed by atoms with van der Waals surface area (Å²) in [6, 6.07) is 23.0. The SMILES string of the molecule is COc1ccc(C2=NN(c3ccccc3)C(=O)/C2=C\C=C2\N(C)c3ccc(Cl)cc3C2(C)C)cc1. The number of nitrogens with zero attached hydrogens (tertiary/aromatic N) is 3. The Morgan fingerprint density at radius 1 is 0.971 bits per heavy atom. The van der Waals surface area contributed by atoms with Gasteiger partial charge in [0.15, 0.2) is 0 Å². The molecule has 0 aromatic heterocycles. The van der Waals surface area contributed by atoms with Crippen LogP contribution in [-0.2, 0) is 10.2 Å². The molecule has 0 radical (unpaired) electrons. The Morgan fingerprint density at radius 3 is 2.37 bits per heavy atom. The molecule has 2 heterocycles. The summed E-state index contributed by atoms with van der Waals surface area (Å²) in [6.45, 7) is 4.34. The number of hydrogen-bond donors (Lipinski definition) is 0. The van der Waals surface area contributed by atoms with Gasteiger partial charge in [-0.2, -0.15) is 10.1 Å². The highest BCUT2D eigenvalue weighted by atomic mass is 35.5. The van der Waals surface area contributed by atoms with Crippen LogP contribution in [0.15, 0.2) is 101 Å². The van der Waals surface area contributed by atoms with Crippen molar-refractivity contribution in [2.45, 2.75) is 19.3 Å². The molecule has 0 aliphatic carbocycles. The van der Waals surface area contributed by atoms with E-state index in [2.05, 4.69) is 18.7 Å². The van der Waals surface area contributed by atoms with Gasteiger partial charge in [-0.05, 0) is 72.3 Å². The van der Waals surface area contributed by atoms with Crippen LogP contribution in [0.4, 0.5) is 11.4 Å². The van der Waals surface area contributed by atoms with Gasteiger partial charge >= 0.3 is 0 Å². The number of amides is 1. The number of carbonyl (C=O) groups is 1. The van der Waals surface area contributed by atoms with Gasteiger partial charge in [0.25, 0.3) is 5.91 Å². The monoisotopic (exact) mass is 483 g/mol. The molecule has 176 valence electrons. The number of hydrazone groups is 1. The molecule has 0 atom stereocenters. The Labute approximate surface area is 210 Å². The molecule has 1 amide bonds. The van der Waals surface area contributed by atoms with Gasteiger partial charge in [0.1, 0.15) is 11.5 Å². The van der Waals surface area contributed by atoms with Crippen molar-refractivity contribution in [2.24, 2.45) is 5.10 Å². The number of allylic oxidation sites excluding steroid dienone is 3. The molecule has 0 unspecified atom stereocenters. The van der Waals surface area contributed by atoms with Crippen molar-refractivity contribution in [1.29, 1.82) is 0 Å². The zero-order valence-corrected chi connectivity index (χ0v) is 20.9. The van der Waals surface area contributed by atoms with E-state index in [1.54, 1.807) is 7.11 Å². The van der Waals surface area contributed by atoms with Crippen molar-refractivity contribution in [2.75, 3.05) is 24.1 Å². The molecule has 2 aliphatic heterocycles. The van der Waals surface area contributed by atoms with Crippen LogP contribution in [-0.4, -0.2) is 25.8 Å². The fourth-order valence-corrected chi connectivity index (χ4v) is 4.91. The lowest BCUT2D eigenvalue weighted by Crippen LogP contribution is -2.23. The van der Waals surface area contributed by atoms with Gasteiger partial charge in [-0.3, -0.25) is 4.79 Å². The zero-order chi connectivity index (χ0) is 24.7. The van der Waals surface area contributed by atoms with Gasteiger partial charge in [-0.15, -0.1) is 0 Å². The van der Waals surface area contributed by atoms with Gasteiger partial charge in [0, 0.05) is 34.4 Å². The average molecular weight is 484 g/mol. The summed E-state index contributed by atoms with van der Waals surface area (Å²) in [7, 11) is 3.67. The summed E-state index contributed by atoms with van der Waals surface area (Å²) in [4.78, 5) is 15.7. The zero-order valence-electron chi connectivity index (χ0n) is 20.1. The Bertz CT molecular complexity index is 1390. The Hall–Kier alpha value is -3.83. The molecule has 0 saturated carbocycles. The van der Waals surface area contributed by atoms with E-state index in [0.717, 1.165) is 33.9 Å². The van der Waals surface area contributed by atoms with Crippen LogP contribution >= 0.6 is 11.6 Å². The standard InChI is InChI=1S/C29H26ClN3O2/c1-29(2)24-18-20(30)12-16-25(24)32(3)26(29)17-15-23-27(19-10-13-22(35-4)14-11-19)31-33(28(23)34)21-8-6-5-7-9-21/h5-18H,1-4H3/b23-15-,26-17+. The second-order valence-electron chi connectivity index (χ2n) is 9.11. The number of carbonyl (C=O) groups excluding carboxylic acids is 1. The van der Waals surface area contributed by atoms with E-state index < -0.39 is 0 Å². The molecule has 3 aromatic carbocycles. The number of ether oxygens (including phenoxy) is 1. The number of rotatable bonds is 4. The summed E-state index contributed by atoms with van der Waals surface area (Å²) < 4.78 is 5.30. The molecule has 35 heavy (non-hydrogen) atoms. The minimum atomic E-state index is -0.274. The molecule has 0 N–H and O–H groups in total. The molecule has 0 saturated heterocycles. The van der Waals surface area contributed by atoms with Gasteiger partial charge in [0.05, 0.1) is 18.4 Å². The summed E-state index contributed by atoms with van der Waals surface area (Å²) in [5.41, 5.74) is 5.78. The molecule has 0 spiro atoms. The number of halogens is 1. The first-order chi connectivity index (χ1) is 16.8. The van der Waals surface area contributed by atoms with Crippen LogP contribution < -0.4 is 14.6 Å². The number of anilines is 2. The minimum absolute atomic E-state index is 0.169. The largest absolute Gasteiger partial charge is 0.497 e. The molecule has 5 rings (SSSR count). The number of likely N-dealkylation sites (N-methyl/N-ethyl adjacent to an activating group) is 1. The molecular formula is C29H26ClN3O2. The van der Waals surface area contributed by atoms with Crippen LogP contribution in [0.5, 0.6) is 5.75 Å². The number of fused-ring (bicyclic) bond motifs is 1. The molecule has 3 aromatic rings. The van der Waals surface area contributed by atoms with E-state index >= 15 is 0 Å². The highest BCUT2D eigenvalue weighted by Gasteiger charge is 2.39. The van der Waals surface area contributed by atoms with E-state index in [-0.39, 0.29) is 11.3 Å². The summed E-state index contributed by atoms with van der Waals surface area (Å²) in [5.74, 6) is 0.579. The summed E-state index contributed by atoms with van der Waals surface area (Å²) in [5, 5.41) is 6.90. The lowest BCUT2D eigenvalue weighted by molar-refractivity contribution is -0.114. The third-order valence-corrected chi connectivity index (χ3v) is 6.88. The molecule has 0 bridgehead atoms. The number of para-hydroxylation sites is 1. The minimum Gasteiger partial charge on any atom is -0.497 e. The maximum Gasteiger partial charge on any atom is 0.281 e. The van der Waals surface area contributed by atoms with Crippen LogP contribution in [0, 0.1) is 0 Å². The van der Waals surface area contributed by atoms with Crippen LogP contribution in [0.1, 0.15) is 25.0 Å². The fourth-order valence-electron chi connectivity index (χ4n) is 4.74. The predicted octanol–water partition coefficient (Wildman–Crippen LogP) is 6.34. The van der Waals surface area contributed by atoms with Gasteiger partial charge in [0.2, 0.25) is 0 Å². The third kappa shape index (κ3) is 3.92. The lowest BCUT2D eigenvalue weighted by atomic mass is 9.83. The molecule has 2 aliphatic rings. The maximum absolute atomic E-state index is 13.6. The Morgan fingerprint density at radius 2 is 1.69 bits per heavy atom. The van der Waals surface area contributed by atoms with Crippen molar-refractivity contribution in [1.82, 2.24) is 0 Å². The van der Waals surface area contributed by atoms with Gasteiger partial charge in [-0.1, -0.05) is 43.6 Å². The van der Waals surface area contributed by atoms with Crippen LogP contribution in [0.25, 0.3) is 0 Å². The van der Waals surface area contributed by atoms with Crippen molar-refractivity contribution in [3.8, 4) is 5.75 Å². The van der Waals surface area contributed by atoms with Crippen molar-refractivity contribution < 1.29 is 9.53 Å². The van der Waals surface area contributed by atoms with Crippen LogP contribution in [0.2, 0.25) is 5.02 Å². The lowest BCUT2D eigenvalue weighted by Gasteiger charge is -2.23. The van der Waals surface area contributed by atoms with Crippen molar-refractivity contribution >= 4 is 34.6 Å². The fraction of sp³-hybridized carbons (Fsp3) is 0.172. The normalized spacial score (nSPS) is 18.9. The molecule has 6 heteroatoms. The second kappa shape index (κ2) is 8.75. The number of methoxy groups -OCH3 is 1. The molecule has 0 fully saturated rings. The first-order valence-corrected chi connectivity index (χ1v) is 11.8. The van der Waals surface area contributed by atoms with E-state index in [4.69, 9.17) is 21.4 Å². The Kier molecular flexibility index (Phi) is 5.73. The van der Waals surface area contributed by atoms with Crippen molar-refractivity contribution in [3.05, 3.63) is 112 Å². The topological polar surface area (TPSA) is 45.1 Å². The first kappa shape index (κ1) is 22.9. The number of hydrogen-bond acceptors (Lipinski definition) is 4. The molecule has 5 nitrogen and oxygen atoms in total. The summed E-state index contributed by atoms with van der Waals surface area (Å²) in [6.07, 6.45) is 3.91. The highest BCUT2D eigenvalue weighted by molar-refractivity contribution is 6.35. The quantitative estimate of drug-likeness (QED) is 0.407. The maximum atomic E-state index is 13.6. The highest BCUT2D eigenvalue weighted by Crippen LogP contribution is 2.47. The smallest absolute Gasteiger partial charge is 0.281 e. The van der Waals surface area contributed by atoms with Crippen molar-refractivity contribution in [3.63, 3.8) is 0 Å². The summed E-state index contributed by atoms with van der Waals surface area (Å²) >= 11 is 6.30. The van der Waals surface area contributed by atoms with E-state index in [0.29, 0.717) is 16.3 Å². The van der Waals surface area contributed by atoms with Gasteiger partial charge < -0.3 is 9.64 Å². The average Bonchev–Trinajstić information content (AvgIpc) is 3.29. The first-order valence-electron chi connectivity index (χ1n) is 11.4. The van der Waals surface area contributed by atoms with Gasteiger partial charge in [-0.25, -0.2) is 0 Å². The third-order valence-electron chi connectivity index (χ3n) is 6.64.